The molecule has 5 N–H and O–H groups in total. The Bertz CT molecular complexity index is 320. The SMILES string of the molecule is C/C=C/N.Nc1ccc(C2CCCNC2)cc1. The van der Waals surface area contributed by atoms with E-state index in [4.69, 9.17) is 11.5 Å². The molecule has 1 aromatic carbocycles. The molecule has 17 heavy (non-hydrogen) atoms. The minimum absolute atomic E-state index is 0.689. The molecule has 94 valence electrons. The first-order chi connectivity index (χ1) is 8.27. The van der Waals surface area contributed by atoms with Crippen LogP contribution in [0.2, 0.25) is 0 Å². The quantitative estimate of drug-likeness (QED) is 0.652. The van der Waals surface area contributed by atoms with Crippen LogP contribution in [-0.4, -0.2) is 13.1 Å². The van der Waals surface area contributed by atoms with Gasteiger partial charge in [-0.2, -0.15) is 0 Å². The van der Waals surface area contributed by atoms with Gasteiger partial charge in [0.1, 0.15) is 0 Å². The first-order valence-electron chi connectivity index (χ1n) is 6.17. The maximum Gasteiger partial charge on any atom is 0.0314 e. The van der Waals surface area contributed by atoms with Gasteiger partial charge in [0.15, 0.2) is 0 Å². The van der Waals surface area contributed by atoms with Crippen molar-refractivity contribution in [2.75, 3.05) is 18.8 Å². The van der Waals surface area contributed by atoms with Gasteiger partial charge in [-0.05, 0) is 56.1 Å². The van der Waals surface area contributed by atoms with E-state index in [0.717, 1.165) is 12.2 Å². The molecule has 2 rings (SSSR count). The highest BCUT2D eigenvalue weighted by Gasteiger charge is 2.14. The predicted molar refractivity (Wildman–Crippen MR) is 74.7 cm³/mol. The Morgan fingerprint density at radius 3 is 2.41 bits per heavy atom. The van der Waals surface area contributed by atoms with Gasteiger partial charge < -0.3 is 16.8 Å². The maximum atomic E-state index is 5.64. The van der Waals surface area contributed by atoms with Crippen LogP contribution in [-0.2, 0) is 0 Å². The van der Waals surface area contributed by atoms with E-state index in [0.29, 0.717) is 5.92 Å². The predicted octanol–water partition coefficient (Wildman–Crippen LogP) is 2.21. The van der Waals surface area contributed by atoms with Gasteiger partial charge in [-0.25, -0.2) is 0 Å². The van der Waals surface area contributed by atoms with Gasteiger partial charge in [-0.15, -0.1) is 0 Å². The monoisotopic (exact) mass is 233 g/mol. The van der Waals surface area contributed by atoms with Crippen LogP contribution in [0.15, 0.2) is 36.5 Å². The Labute approximate surface area is 104 Å². The smallest absolute Gasteiger partial charge is 0.0314 e. The summed E-state index contributed by atoms with van der Waals surface area (Å²) in [7, 11) is 0. The zero-order chi connectivity index (χ0) is 12.5. The lowest BCUT2D eigenvalue weighted by atomic mass is 9.92. The third kappa shape index (κ3) is 4.91. The molecule has 3 heteroatoms. The molecule has 0 aliphatic carbocycles. The van der Waals surface area contributed by atoms with Crippen LogP contribution in [0, 0.1) is 0 Å². The molecule has 1 unspecified atom stereocenters. The standard InChI is InChI=1S/C11H16N2.C3H7N/c12-11-5-3-9(4-6-11)10-2-1-7-13-8-10;1-2-3-4/h3-6,10,13H,1-2,7-8,12H2;2-3H,4H2,1H3/b;3-2+. The molecule has 1 heterocycles. The lowest BCUT2D eigenvalue weighted by Crippen LogP contribution is -2.28. The van der Waals surface area contributed by atoms with Crippen molar-refractivity contribution in [3.8, 4) is 0 Å². The summed E-state index contributed by atoms with van der Waals surface area (Å²) in [6.07, 6.45) is 5.87. The number of nitrogens with two attached hydrogens (primary N) is 2. The van der Waals surface area contributed by atoms with Crippen molar-refractivity contribution in [1.29, 1.82) is 0 Å². The van der Waals surface area contributed by atoms with Crippen molar-refractivity contribution in [3.05, 3.63) is 42.1 Å². The van der Waals surface area contributed by atoms with Crippen molar-refractivity contribution >= 4 is 5.69 Å². The molecule has 1 aliphatic rings. The first-order valence-corrected chi connectivity index (χ1v) is 6.17. The van der Waals surface area contributed by atoms with Crippen LogP contribution in [0.5, 0.6) is 0 Å². The van der Waals surface area contributed by atoms with Gasteiger partial charge in [0.05, 0.1) is 0 Å². The highest BCUT2D eigenvalue weighted by atomic mass is 14.9. The number of benzene rings is 1. The number of piperidine rings is 1. The Morgan fingerprint density at radius 1 is 1.29 bits per heavy atom. The zero-order valence-electron chi connectivity index (χ0n) is 10.5. The van der Waals surface area contributed by atoms with Crippen LogP contribution >= 0.6 is 0 Å². The topological polar surface area (TPSA) is 64.1 Å². The Kier molecular flexibility index (Phi) is 6.18. The lowest BCUT2D eigenvalue weighted by Gasteiger charge is -2.23. The average molecular weight is 233 g/mol. The van der Waals surface area contributed by atoms with E-state index < -0.39 is 0 Å². The van der Waals surface area contributed by atoms with E-state index in [1.54, 1.807) is 6.08 Å². The van der Waals surface area contributed by atoms with Gasteiger partial charge in [0, 0.05) is 12.2 Å². The molecule has 0 aromatic heterocycles. The molecule has 0 spiro atoms. The van der Waals surface area contributed by atoms with Gasteiger partial charge >= 0.3 is 0 Å². The van der Waals surface area contributed by atoms with Crippen molar-refractivity contribution in [2.24, 2.45) is 5.73 Å². The largest absolute Gasteiger partial charge is 0.405 e. The molecule has 1 atom stereocenters. The number of allylic oxidation sites excluding steroid dienone is 1. The average Bonchev–Trinajstić information content (AvgIpc) is 2.41. The molecule has 0 amide bonds. The van der Waals surface area contributed by atoms with Crippen molar-refractivity contribution < 1.29 is 0 Å². The van der Waals surface area contributed by atoms with Crippen molar-refractivity contribution in [2.45, 2.75) is 25.7 Å². The Balaban J connectivity index is 0.000000317. The third-order valence-corrected chi connectivity index (χ3v) is 2.90. The molecule has 1 saturated heterocycles. The van der Waals surface area contributed by atoms with Gasteiger partial charge in [-0.3, -0.25) is 0 Å². The van der Waals surface area contributed by atoms with Crippen LogP contribution in [0.1, 0.15) is 31.2 Å². The summed E-state index contributed by atoms with van der Waals surface area (Å²) in [5, 5.41) is 3.42. The molecule has 0 saturated carbocycles. The van der Waals surface area contributed by atoms with Crippen LogP contribution in [0.25, 0.3) is 0 Å². The highest BCUT2D eigenvalue weighted by molar-refractivity contribution is 5.40. The molecular formula is C14H23N3. The zero-order valence-corrected chi connectivity index (χ0v) is 10.5. The lowest BCUT2D eigenvalue weighted by molar-refractivity contribution is 0.461. The van der Waals surface area contributed by atoms with Gasteiger partial charge in [0.25, 0.3) is 0 Å². The van der Waals surface area contributed by atoms with Crippen LogP contribution in [0.4, 0.5) is 5.69 Å². The minimum Gasteiger partial charge on any atom is -0.405 e. The van der Waals surface area contributed by atoms with E-state index in [-0.39, 0.29) is 0 Å². The third-order valence-electron chi connectivity index (χ3n) is 2.90. The van der Waals surface area contributed by atoms with E-state index in [9.17, 15) is 0 Å². The Morgan fingerprint density at radius 2 is 1.94 bits per heavy atom. The number of hydrogen-bond acceptors (Lipinski definition) is 3. The molecule has 0 radical (unpaired) electrons. The number of nitrogens with one attached hydrogen (secondary N) is 1. The minimum atomic E-state index is 0.689. The maximum absolute atomic E-state index is 5.64. The normalized spacial score (nSPS) is 19.7. The molecular weight excluding hydrogens is 210 g/mol. The fourth-order valence-corrected chi connectivity index (χ4v) is 1.90. The molecule has 3 nitrogen and oxygen atoms in total. The highest BCUT2D eigenvalue weighted by Crippen LogP contribution is 2.23. The van der Waals surface area contributed by atoms with Gasteiger partial charge in [-0.1, -0.05) is 18.2 Å². The number of rotatable bonds is 1. The van der Waals surface area contributed by atoms with Gasteiger partial charge in [0.2, 0.25) is 0 Å². The van der Waals surface area contributed by atoms with Crippen molar-refractivity contribution in [3.63, 3.8) is 0 Å². The molecule has 0 bridgehead atoms. The second-order valence-corrected chi connectivity index (χ2v) is 4.24. The fraction of sp³-hybridized carbons (Fsp3) is 0.429. The van der Waals surface area contributed by atoms with Crippen LogP contribution in [0.3, 0.4) is 0 Å². The number of hydrogen-bond donors (Lipinski definition) is 3. The van der Waals surface area contributed by atoms with E-state index in [2.05, 4.69) is 17.4 Å². The summed E-state index contributed by atoms with van der Waals surface area (Å²) >= 11 is 0. The summed E-state index contributed by atoms with van der Waals surface area (Å²) in [6, 6.07) is 8.27. The number of anilines is 1. The summed E-state index contributed by atoms with van der Waals surface area (Å²) < 4.78 is 0. The van der Waals surface area contributed by atoms with E-state index >= 15 is 0 Å². The summed E-state index contributed by atoms with van der Waals surface area (Å²) in [5.41, 5.74) is 12.8. The second-order valence-electron chi connectivity index (χ2n) is 4.24. The number of nitrogen functional groups attached to an aromatic ring is 1. The second kappa shape index (κ2) is 7.74. The Hall–Kier alpha value is -1.48. The molecule has 1 aromatic rings. The van der Waals surface area contributed by atoms with E-state index in [1.165, 1.54) is 31.1 Å². The van der Waals surface area contributed by atoms with E-state index in [1.807, 2.05) is 19.1 Å². The van der Waals surface area contributed by atoms with Crippen molar-refractivity contribution in [1.82, 2.24) is 5.32 Å². The molecule has 1 fully saturated rings. The summed E-state index contributed by atoms with van der Waals surface area (Å²) in [4.78, 5) is 0. The summed E-state index contributed by atoms with van der Waals surface area (Å²) in [5.74, 6) is 0.689. The first kappa shape index (κ1) is 13.6. The molecule has 1 aliphatic heterocycles. The van der Waals surface area contributed by atoms with Crippen LogP contribution < -0.4 is 16.8 Å². The fourth-order valence-electron chi connectivity index (χ4n) is 1.90. The summed E-state index contributed by atoms with van der Waals surface area (Å²) in [6.45, 7) is 4.16.